The monoisotopic (exact) mass is 210 g/mol. The molecule has 0 radical (unpaired) electrons. The molecule has 78 valence electrons. The fourth-order valence-electron chi connectivity index (χ4n) is 2.16. The molecule has 2 aromatic rings. The van der Waals surface area contributed by atoms with E-state index < -0.39 is 0 Å². The van der Waals surface area contributed by atoms with E-state index in [1.54, 1.807) is 6.07 Å². The van der Waals surface area contributed by atoms with Gasteiger partial charge in [-0.15, -0.1) is 0 Å². The van der Waals surface area contributed by atoms with Crippen LogP contribution in [0.1, 0.15) is 22.3 Å². The molecule has 2 aromatic carbocycles. The van der Waals surface area contributed by atoms with Crippen molar-refractivity contribution in [2.75, 3.05) is 0 Å². The van der Waals surface area contributed by atoms with E-state index in [4.69, 9.17) is 0 Å². The summed E-state index contributed by atoms with van der Waals surface area (Å²) >= 11 is 0. The summed E-state index contributed by atoms with van der Waals surface area (Å²) in [6, 6.07) is 13.5. The SMILES string of the molecule is Fc1cccc2c1C=Cc1ccccc1C2. The van der Waals surface area contributed by atoms with Crippen molar-refractivity contribution in [3.05, 3.63) is 70.5 Å². The Morgan fingerprint density at radius 3 is 2.56 bits per heavy atom. The maximum Gasteiger partial charge on any atom is 0.130 e. The van der Waals surface area contributed by atoms with Crippen LogP contribution < -0.4 is 0 Å². The quantitative estimate of drug-likeness (QED) is 0.528. The Morgan fingerprint density at radius 1 is 0.812 bits per heavy atom. The first kappa shape index (κ1) is 9.34. The van der Waals surface area contributed by atoms with E-state index in [1.165, 1.54) is 17.2 Å². The predicted molar refractivity (Wildman–Crippen MR) is 64.6 cm³/mol. The molecule has 0 saturated heterocycles. The van der Waals surface area contributed by atoms with Crippen LogP contribution in [0, 0.1) is 5.82 Å². The summed E-state index contributed by atoms with van der Waals surface area (Å²) < 4.78 is 13.6. The molecule has 0 saturated carbocycles. The topological polar surface area (TPSA) is 0 Å². The molecule has 0 nitrogen and oxygen atoms in total. The van der Waals surface area contributed by atoms with E-state index in [1.807, 2.05) is 30.4 Å². The van der Waals surface area contributed by atoms with Gasteiger partial charge in [-0.05, 0) is 29.2 Å². The van der Waals surface area contributed by atoms with Crippen molar-refractivity contribution < 1.29 is 4.39 Å². The fourth-order valence-corrected chi connectivity index (χ4v) is 2.16. The minimum absolute atomic E-state index is 0.137. The van der Waals surface area contributed by atoms with Gasteiger partial charge in [0.25, 0.3) is 0 Å². The van der Waals surface area contributed by atoms with E-state index in [2.05, 4.69) is 12.1 Å². The van der Waals surface area contributed by atoms with Crippen LogP contribution in [0.5, 0.6) is 0 Å². The molecule has 0 fully saturated rings. The zero-order valence-corrected chi connectivity index (χ0v) is 8.78. The van der Waals surface area contributed by atoms with E-state index >= 15 is 0 Å². The molecule has 0 heterocycles. The second-order valence-corrected chi connectivity index (χ2v) is 4.02. The number of benzene rings is 2. The summed E-state index contributed by atoms with van der Waals surface area (Å²) in [5.41, 5.74) is 4.21. The lowest BCUT2D eigenvalue weighted by atomic mass is 10.00. The Bertz CT molecular complexity index is 567. The van der Waals surface area contributed by atoms with Gasteiger partial charge in [0, 0.05) is 5.56 Å². The van der Waals surface area contributed by atoms with Gasteiger partial charge in [0.2, 0.25) is 0 Å². The van der Waals surface area contributed by atoms with Gasteiger partial charge in [-0.2, -0.15) is 0 Å². The minimum Gasteiger partial charge on any atom is -0.206 e. The van der Waals surface area contributed by atoms with Gasteiger partial charge in [-0.3, -0.25) is 0 Å². The van der Waals surface area contributed by atoms with Gasteiger partial charge in [0.05, 0.1) is 0 Å². The van der Waals surface area contributed by atoms with Crippen LogP contribution in [0.4, 0.5) is 4.39 Å². The van der Waals surface area contributed by atoms with Crippen LogP contribution in [0.25, 0.3) is 12.2 Å². The van der Waals surface area contributed by atoms with Gasteiger partial charge in [-0.25, -0.2) is 4.39 Å². The maximum atomic E-state index is 13.6. The third-order valence-electron chi connectivity index (χ3n) is 3.01. The Labute approximate surface area is 94.1 Å². The average Bonchev–Trinajstić information content (AvgIpc) is 2.48. The smallest absolute Gasteiger partial charge is 0.130 e. The van der Waals surface area contributed by atoms with Crippen molar-refractivity contribution in [3.8, 4) is 0 Å². The first-order valence-electron chi connectivity index (χ1n) is 5.38. The molecule has 0 aliphatic heterocycles. The summed E-state index contributed by atoms with van der Waals surface area (Å²) in [6.45, 7) is 0. The van der Waals surface area contributed by atoms with Crippen molar-refractivity contribution in [3.63, 3.8) is 0 Å². The largest absolute Gasteiger partial charge is 0.206 e. The number of hydrogen-bond acceptors (Lipinski definition) is 0. The van der Waals surface area contributed by atoms with Crippen molar-refractivity contribution in [2.24, 2.45) is 0 Å². The highest BCUT2D eigenvalue weighted by molar-refractivity contribution is 5.75. The molecule has 0 unspecified atom stereocenters. The van der Waals surface area contributed by atoms with Crippen molar-refractivity contribution in [1.29, 1.82) is 0 Å². The molecule has 0 atom stereocenters. The summed E-state index contributed by atoms with van der Waals surface area (Å²) in [7, 11) is 0. The average molecular weight is 210 g/mol. The molecule has 16 heavy (non-hydrogen) atoms. The normalized spacial score (nSPS) is 12.8. The molecule has 1 aliphatic carbocycles. The first-order chi connectivity index (χ1) is 7.84. The highest BCUT2D eigenvalue weighted by Crippen LogP contribution is 2.26. The lowest BCUT2D eigenvalue weighted by Crippen LogP contribution is -1.93. The minimum atomic E-state index is -0.137. The number of rotatable bonds is 0. The van der Waals surface area contributed by atoms with Crippen molar-refractivity contribution in [1.82, 2.24) is 0 Å². The summed E-state index contributed by atoms with van der Waals surface area (Å²) in [5.74, 6) is -0.137. The molecule has 1 aliphatic rings. The van der Waals surface area contributed by atoms with Crippen LogP contribution in [-0.2, 0) is 6.42 Å². The fraction of sp³-hybridized carbons (Fsp3) is 0.0667. The number of hydrogen-bond donors (Lipinski definition) is 0. The van der Waals surface area contributed by atoms with Crippen molar-refractivity contribution >= 4 is 12.2 Å². The summed E-state index contributed by atoms with van der Waals surface area (Å²) in [5, 5.41) is 0. The predicted octanol–water partition coefficient (Wildman–Crippen LogP) is 3.90. The summed E-state index contributed by atoms with van der Waals surface area (Å²) in [4.78, 5) is 0. The Kier molecular flexibility index (Phi) is 2.10. The highest BCUT2D eigenvalue weighted by Gasteiger charge is 2.11. The Morgan fingerprint density at radius 2 is 1.62 bits per heavy atom. The molecular formula is C15H11F. The molecule has 0 spiro atoms. The molecule has 3 rings (SSSR count). The molecule has 1 heteroatoms. The van der Waals surface area contributed by atoms with Crippen LogP contribution in [-0.4, -0.2) is 0 Å². The van der Waals surface area contributed by atoms with Gasteiger partial charge in [0.1, 0.15) is 5.82 Å². The Hall–Kier alpha value is -1.89. The molecule has 0 amide bonds. The van der Waals surface area contributed by atoms with Crippen LogP contribution in [0.2, 0.25) is 0 Å². The van der Waals surface area contributed by atoms with Crippen molar-refractivity contribution in [2.45, 2.75) is 6.42 Å². The van der Waals surface area contributed by atoms with Crippen LogP contribution in [0.3, 0.4) is 0 Å². The third kappa shape index (κ3) is 1.45. The van der Waals surface area contributed by atoms with E-state index in [0.29, 0.717) is 0 Å². The number of halogens is 1. The Balaban J connectivity index is 2.21. The van der Waals surface area contributed by atoms with Crippen LogP contribution >= 0.6 is 0 Å². The summed E-state index contributed by atoms with van der Waals surface area (Å²) in [6.07, 6.45) is 4.66. The van der Waals surface area contributed by atoms with E-state index in [0.717, 1.165) is 17.5 Å². The van der Waals surface area contributed by atoms with Gasteiger partial charge in [0.15, 0.2) is 0 Å². The van der Waals surface area contributed by atoms with Gasteiger partial charge < -0.3 is 0 Å². The van der Waals surface area contributed by atoms with E-state index in [9.17, 15) is 4.39 Å². The zero-order valence-electron chi connectivity index (χ0n) is 8.78. The third-order valence-corrected chi connectivity index (χ3v) is 3.01. The van der Waals surface area contributed by atoms with Gasteiger partial charge >= 0.3 is 0 Å². The van der Waals surface area contributed by atoms with Crippen LogP contribution in [0.15, 0.2) is 42.5 Å². The first-order valence-corrected chi connectivity index (χ1v) is 5.38. The lowest BCUT2D eigenvalue weighted by molar-refractivity contribution is 0.623. The number of fused-ring (bicyclic) bond motifs is 2. The highest BCUT2D eigenvalue weighted by atomic mass is 19.1. The molecular weight excluding hydrogens is 199 g/mol. The molecule has 0 N–H and O–H groups in total. The zero-order chi connectivity index (χ0) is 11.0. The second kappa shape index (κ2) is 3.60. The second-order valence-electron chi connectivity index (χ2n) is 4.02. The van der Waals surface area contributed by atoms with E-state index in [-0.39, 0.29) is 5.82 Å². The molecule has 0 aromatic heterocycles. The molecule has 0 bridgehead atoms. The standard InChI is InChI=1S/C15H11F/c16-15-7-3-6-13-10-12-5-2-1-4-11(12)8-9-14(13)15/h1-9H,10H2. The maximum absolute atomic E-state index is 13.6. The van der Waals surface area contributed by atoms with Gasteiger partial charge in [-0.1, -0.05) is 48.6 Å². The lowest BCUT2D eigenvalue weighted by Gasteiger charge is -2.06.